The third-order valence-electron chi connectivity index (χ3n) is 2.09. The third-order valence-corrected chi connectivity index (χ3v) is 3.12. The standard InChI is InChI=1S/C9H11NS/c1-2-7-3-5-10-9-8(7)4-6-11-9/h3,5H,2,4,6H2,1H3. The Morgan fingerprint density at radius 3 is 3.36 bits per heavy atom. The largest absolute Gasteiger partial charge is 0.250 e. The first-order valence-electron chi connectivity index (χ1n) is 4.01. The average molecular weight is 165 g/mol. The Balaban J connectivity index is 2.50. The van der Waals surface area contributed by atoms with Crippen molar-refractivity contribution >= 4 is 11.8 Å². The van der Waals surface area contributed by atoms with E-state index in [1.165, 1.54) is 28.3 Å². The summed E-state index contributed by atoms with van der Waals surface area (Å²) < 4.78 is 0. The van der Waals surface area contributed by atoms with Crippen LogP contribution in [0.2, 0.25) is 0 Å². The molecule has 0 N–H and O–H groups in total. The van der Waals surface area contributed by atoms with Gasteiger partial charge in [0.1, 0.15) is 0 Å². The summed E-state index contributed by atoms with van der Waals surface area (Å²) >= 11 is 1.89. The lowest BCUT2D eigenvalue weighted by molar-refractivity contribution is 0.973. The second kappa shape index (κ2) is 2.86. The summed E-state index contributed by atoms with van der Waals surface area (Å²) in [4.78, 5) is 4.33. The normalized spacial score (nSPS) is 15.0. The van der Waals surface area contributed by atoms with Crippen molar-refractivity contribution in [1.82, 2.24) is 4.98 Å². The van der Waals surface area contributed by atoms with Crippen molar-refractivity contribution in [2.75, 3.05) is 5.75 Å². The molecule has 1 aliphatic rings. The minimum Gasteiger partial charge on any atom is -0.250 e. The van der Waals surface area contributed by atoms with E-state index < -0.39 is 0 Å². The van der Waals surface area contributed by atoms with Gasteiger partial charge in [-0.2, -0.15) is 0 Å². The molecule has 58 valence electrons. The summed E-state index contributed by atoms with van der Waals surface area (Å²) in [6.07, 6.45) is 4.29. The summed E-state index contributed by atoms with van der Waals surface area (Å²) in [5.41, 5.74) is 2.99. The van der Waals surface area contributed by atoms with Crippen molar-refractivity contribution in [3.05, 3.63) is 23.4 Å². The Hall–Kier alpha value is -0.500. The molecule has 1 aliphatic heterocycles. The molecule has 0 atom stereocenters. The lowest BCUT2D eigenvalue weighted by atomic mass is 10.1. The fourth-order valence-corrected chi connectivity index (χ4v) is 2.53. The van der Waals surface area contributed by atoms with Crippen LogP contribution in [0.5, 0.6) is 0 Å². The van der Waals surface area contributed by atoms with Gasteiger partial charge in [-0.3, -0.25) is 0 Å². The molecule has 0 fully saturated rings. The topological polar surface area (TPSA) is 12.9 Å². The van der Waals surface area contributed by atoms with E-state index in [0.29, 0.717) is 0 Å². The highest BCUT2D eigenvalue weighted by Crippen LogP contribution is 2.31. The number of aryl methyl sites for hydroxylation is 1. The van der Waals surface area contributed by atoms with E-state index in [2.05, 4.69) is 18.0 Å². The summed E-state index contributed by atoms with van der Waals surface area (Å²) in [6, 6.07) is 2.14. The SMILES string of the molecule is CCc1ccnc2c1CCS2. The van der Waals surface area contributed by atoms with Crippen molar-refractivity contribution < 1.29 is 0 Å². The predicted octanol–water partition coefficient (Wildman–Crippen LogP) is 2.29. The van der Waals surface area contributed by atoms with Crippen LogP contribution < -0.4 is 0 Å². The number of pyridine rings is 1. The number of fused-ring (bicyclic) bond motifs is 1. The first-order chi connectivity index (χ1) is 5.42. The molecule has 1 aromatic rings. The van der Waals surface area contributed by atoms with Crippen LogP contribution in [-0.2, 0) is 12.8 Å². The van der Waals surface area contributed by atoms with Crippen molar-refractivity contribution in [2.24, 2.45) is 0 Å². The van der Waals surface area contributed by atoms with Crippen LogP contribution in [0.3, 0.4) is 0 Å². The summed E-state index contributed by atoms with van der Waals surface area (Å²) in [6.45, 7) is 2.21. The van der Waals surface area contributed by atoms with E-state index >= 15 is 0 Å². The first kappa shape index (κ1) is 7.17. The average Bonchev–Trinajstić information content (AvgIpc) is 2.50. The van der Waals surface area contributed by atoms with Crippen molar-refractivity contribution in [3.8, 4) is 0 Å². The van der Waals surface area contributed by atoms with E-state index in [9.17, 15) is 0 Å². The zero-order valence-electron chi connectivity index (χ0n) is 6.63. The molecule has 0 saturated carbocycles. The van der Waals surface area contributed by atoms with E-state index in [0.717, 1.165) is 6.42 Å². The van der Waals surface area contributed by atoms with Crippen LogP contribution in [0, 0.1) is 0 Å². The molecule has 0 aromatic carbocycles. The van der Waals surface area contributed by atoms with Crippen LogP contribution in [0.25, 0.3) is 0 Å². The van der Waals surface area contributed by atoms with Gasteiger partial charge in [0.25, 0.3) is 0 Å². The fourth-order valence-electron chi connectivity index (χ4n) is 1.48. The number of aromatic nitrogens is 1. The minimum absolute atomic E-state index is 1.14. The predicted molar refractivity (Wildman–Crippen MR) is 48.0 cm³/mol. The van der Waals surface area contributed by atoms with Crippen LogP contribution >= 0.6 is 11.8 Å². The van der Waals surface area contributed by atoms with E-state index in [4.69, 9.17) is 0 Å². The van der Waals surface area contributed by atoms with Gasteiger partial charge in [-0.25, -0.2) is 4.98 Å². The van der Waals surface area contributed by atoms with Crippen LogP contribution in [0.1, 0.15) is 18.1 Å². The van der Waals surface area contributed by atoms with Gasteiger partial charge in [-0.1, -0.05) is 6.92 Å². The Morgan fingerprint density at radius 1 is 1.64 bits per heavy atom. The highest BCUT2D eigenvalue weighted by molar-refractivity contribution is 7.99. The molecule has 0 amide bonds. The maximum absolute atomic E-state index is 4.33. The molecule has 0 radical (unpaired) electrons. The maximum Gasteiger partial charge on any atom is 0.0994 e. The summed E-state index contributed by atoms with van der Waals surface area (Å²) in [5, 5.41) is 1.27. The maximum atomic E-state index is 4.33. The van der Waals surface area contributed by atoms with Gasteiger partial charge in [0.05, 0.1) is 5.03 Å². The molecule has 0 aliphatic carbocycles. The molecule has 2 heteroatoms. The molecule has 11 heavy (non-hydrogen) atoms. The number of nitrogens with zero attached hydrogens (tertiary/aromatic N) is 1. The zero-order valence-corrected chi connectivity index (χ0v) is 7.45. The highest BCUT2D eigenvalue weighted by atomic mass is 32.2. The molecular weight excluding hydrogens is 154 g/mol. The highest BCUT2D eigenvalue weighted by Gasteiger charge is 2.14. The van der Waals surface area contributed by atoms with E-state index in [1.807, 2.05) is 18.0 Å². The Kier molecular flexibility index (Phi) is 1.86. The molecule has 0 spiro atoms. The lowest BCUT2D eigenvalue weighted by Gasteiger charge is -2.02. The number of hydrogen-bond donors (Lipinski definition) is 0. The molecule has 0 bridgehead atoms. The Morgan fingerprint density at radius 2 is 2.55 bits per heavy atom. The lowest BCUT2D eigenvalue weighted by Crippen LogP contribution is -1.91. The number of thioether (sulfide) groups is 1. The molecule has 2 heterocycles. The van der Waals surface area contributed by atoms with Gasteiger partial charge in [0, 0.05) is 11.9 Å². The monoisotopic (exact) mass is 165 g/mol. The van der Waals surface area contributed by atoms with Gasteiger partial charge in [-0.05, 0) is 30.0 Å². The van der Waals surface area contributed by atoms with Gasteiger partial charge < -0.3 is 0 Å². The van der Waals surface area contributed by atoms with Crippen LogP contribution in [0.15, 0.2) is 17.3 Å². The van der Waals surface area contributed by atoms with Gasteiger partial charge in [-0.15, -0.1) is 11.8 Å². The Labute approximate surface area is 71.2 Å². The van der Waals surface area contributed by atoms with Crippen LogP contribution in [0.4, 0.5) is 0 Å². The van der Waals surface area contributed by atoms with Crippen molar-refractivity contribution in [1.29, 1.82) is 0 Å². The van der Waals surface area contributed by atoms with Crippen LogP contribution in [-0.4, -0.2) is 10.7 Å². The third kappa shape index (κ3) is 1.16. The molecular formula is C9H11NS. The summed E-state index contributed by atoms with van der Waals surface area (Å²) in [7, 11) is 0. The summed E-state index contributed by atoms with van der Waals surface area (Å²) in [5.74, 6) is 1.22. The van der Waals surface area contributed by atoms with E-state index in [1.54, 1.807) is 0 Å². The molecule has 1 aromatic heterocycles. The van der Waals surface area contributed by atoms with Gasteiger partial charge >= 0.3 is 0 Å². The number of rotatable bonds is 1. The fraction of sp³-hybridized carbons (Fsp3) is 0.444. The van der Waals surface area contributed by atoms with Gasteiger partial charge in [0.15, 0.2) is 0 Å². The second-order valence-electron chi connectivity index (χ2n) is 2.71. The van der Waals surface area contributed by atoms with Gasteiger partial charge in [0.2, 0.25) is 0 Å². The quantitative estimate of drug-likeness (QED) is 0.633. The van der Waals surface area contributed by atoms with E-state index in [-0.39, 0.29) is 0 Å². The smallest absolute Gasteiger partial charge is 0.0994 e. The molecule has 0 saturated heterocycles. The number of hydrogen-bond acceptors (Lipinski definition) is 2. The molecule has 1 nitrogen and oxygen atoms in total. The van der Waals surface area contributed by atoms with Crippen molar-refractivity contribution in [2.45, 2.75) is 24.8 Å². The van der Waals surface area contributed by atoms with Crippen molar-refractivity contribution in [3.63, 3.8) is 0 Å². The zero-order chi connectivity index (χ0) is 7.68. The molecule has 0 unspecified atom stereocenters. The Bertz CT molecular complexity index is 270. The second-order valence-corrected chi connectivity index (χ2v) is 3.79. The first-order valence-corrected chi connectivity index (χ1v) is 5.00. The molecule has 2 rings (SSSR count). The minimum atomic E-state index is 1.14.